The normalized spacial score (nSPS) is 10.6. The highest BCUT2D eigenvalue weighted by molar-refractivity contribution is 9.10. The molecular weight excluding hydrogens is 350 g/mol. The van der Waals surface area contributed by atoms with Gasteiger partial charge >= 0.3 is 5.97 Å². The van der Waals surface area contributed by atoms with Crippen LogP contribution in [-0.4, -0.2) is 17.0 Å². The predicted octanol–water partition coefficient (Wildman–Crippen LogP) is 4.15. The molecule has 2 N–H and O–H groups in total. The molecule has 0 unspecified atom stereocenters. The van der Waals surface area contributed by atoms with Gasteiger partial charge in [0, 0.05) is 9.86 Å². The van der Waals surface area contributed by atoms with Gasteiger partial charge in [-0.3, -0.25) is 4.79 Å². The first kappa shape index (κ1) is 14.3. The molecule has 0 aliphatic carbocycles. The zero-order chi connectivity index (χ0) is 15.7. The van der Waals surface area contributed by atoms with E-state index in [2.05, 4.69) is 21.2 Å². The lowest BCUT2D eigenvalue weighted by molar-refractivity contribution is 0.0698. The number of nitrogens with one attached hydrogen (secondary N) is 1. The van der Waals surface area contributed by atoms with Gasteiger partial charge in [0.1, 0.15) is 5.58 Å². The minimum Gasteiger partial charge on any atom is -0.478 e. The van der Waals surface area contributed by atoms with Crippen LogP contribution in [0, 0.1) is 0 Å². The van der Waals surface area contributed by atoms with Crippen molar-refractivity contribution in [2.75, 3.05) is 5.32 Å². The highest BCUT2D eigenvalue weighted by Gasteiger charge is 2.16. The van der Waals surface area contributed by atoms with Crippen LogP contribution < -0.4 is 5.32 Å². The number of amides is 1. The zero-order valence-electron chi connectivity index (χ0n) is 11.2. The molecule has 0 saturated carbocycles. The van der Waals surface area contributed by atoms with Crippen LogP contribution >= 0.6 is 15.9 Å². The van der Waals surface area contributed by atoms with Gasteiger partial charge in [-0.05, 0) is 30.3 Å². The number of fused-ring (bicyclic) bond motifs is 1. The molecule has 0 bridgehead atoms. The van der Waals surface area contributed by atoms with Gasteiger partial charge < -0.3 is 14.8 Å². The third-order valence-electron chi connectivity index (χ3n) is 3.11. The van der Waals surface area contributed by atoms with Crippen LogP contribution in [0.1, 0.15) is 20.9 Å². The average Bonchev–Trinajstić information content (AvgIpc) is 2.93. The maximum absolute atomic E-state index is 12.2. The number of carboxylic acid groups (broad SMARTS) is 1. The van der Waals surface area contributed by atoms with Crippen LogP contribution in [0.5, 0.6) is 0 Å². The summed E-state index contributed by atoms with van der Waals surface area (Å²) in [6.45, 7) is 0. The van der Waals surface area contributed by atoms with Crippen molar-refractivity contribution in [3.63, 3.8) is 0 Å². The molecule has 0 radical (unpaired) electrons. The highest BCUT2D eigenvalue weighted by atomic mass is 79.9. The number of benzene rings is 2. The Morgan fingerprint density at radius 3 is 2.59 bits per heavy atom. The number of carbonyl (C=O) groups excluding carboxylic acids is 1. The highest BCUT2D eigenvalue weighted by Crippen LogP contribution is 2.23. The fraction of sp³-hybridized carbons (Fsp3) is 0. The van der Waals surface area contributed by atoms with Crippen molar-refractivity contribution in [1.29, 1.82) is 0 Å². The van der Waals surface area contributed by atoms with Crippen LogP contribution in [0.25, 0.3) is 11.0 Å². The SMILES string of the molecule is O=C(Nc1ccc(Br)cc1C(=O)O)c1cc2ccccc2o1. The molecule has 0 spiro atoms. The Bertz CT molecular complexity index is 852. The first-order chi connectivity index (χ1) is 10.5. The first-order valence-electron chi connectivity index (χ1n) is 6.37. The van der Waals surface area contributed by atoms with Crippen LogP contribution in [0.2, 0.25) is 0 Å². The van der Waals surface area contributed by atoms with Crippen LogP contribution in [0.4, 0.5) is 5.69 Å². The number of carbonyl (C=O) groups is 2. The lowest BCUT2D eigenvalue weighted by atomic mass is 10.1. The van der Waals surface area contributed by atoms with Crippen molar-refractivity contribution < 1.29 is 19.1 Å². The monoisotopic (exact) mass is 359 g/mol. The summed E-state index contributed by atoms with van der Waals surface area (Å²) in [4.78, 5) is 23.5. The molecule has 22 heavy (non-hydrogen) atoms. The maximum Gasteiger partial charge on any atom is 0.337 e. The van der Waals surface area contributed by atoms with Crippen LogP contribution in [-0.2, 0) is 0 Å². The average molecular weight is 360 g/mol. The predicted molar refractivity (Wildman–Crippen MR) is 85.3 cm³/mol. The number of hydrogen-bond donors (Lipinski definition) is 2. The van der Waals surface area contributed by atoms with E-state index in [1.807, 2.05) is 18.2 Å². The van der Waals surface area contributed by atoms with E-state index >= 15 is 0 Å². The molecule has 5 nitrogen and oxygen atoms in total. The first-order valence-corrected chi connectivity index (χ1v) is 7.16. The summed E-state index contributed by atoms with van der Waals surface area (Å²) in [6, 6.07) is 13.5. The van der Waals surface area contributed by atoms with Gasteiger partial charge in [-0.1, -0.05) is 34.1 Å². The number of halogens is 1. The molecular formula is C16H10BrNO4. The van der Waals surface area contributed by atoms with Gasteiger partial charge in [0.05, 0.1) is 11.3 Å². The maximum atomic E-state index is 12.2. The van der Waals surface area contributed by atoms with E-state index in [0.717, 1.165) is 5.39 Å². The Hall–Kier alpha value is -2.60. The second-order valence-corrected chi connectivity index (χ2v) is 5.51. The smallest absolute Gasteiger partial charge is 0.337 e. The summed E-state index contributed by atoms with van der Waals surface area (Å²) in [5, 5.41) is 12.6. The lowest BCUT2D eigenvalue weighted by Crippen LogP contribution is -2.14. The standard InChI is InChI=1S/C16H10BrNO4/c17-10-5-6-12(11(8-10)16(20)21)18-15(19)14-7-9-3-1-2-4-13(9)22-14/h1-8H,(H,18,19)(H,20,21). The Kier molecular flexibility index (Phi) is 3.68. The summed E-state index contributed by atoms with van der Waals surface area (Å²) in [5.41, 5.74) is 0.807. The number of anilines is 1. The Morgan fingerprint density at radius 1 is 1.09 bits per heavy atom. The van der Waals surface area contributed by atoms with E-state index in [0.29, 0.717) is 10.1 Å². The molecule has 1 aromatic heterocycles. The molecule has 0 saturated heterocycles. The van der Waals surface area contributed by atoms with Gasteiger partial charge in [0.15, 0.2) is 5.76 Å². The fourth-order valence-corrected chi connectivity index (χ4v) is 2.44. The minimum absolute atomic E-state index is 0.00108. The summed E-state index contributed by atoms with van der Waals surface area (Å²) in [7, 11) is 0. The second-order valence-electron chi connectivity index (χ2n) is 4.60. The molecule has 3 aromatic rings. The number of hydrogen-bond acceptors (Lipinski definition) is 3. The van der Waals surface area contributed by atoms with Gasteiger partial charge in [0.25, 0.3) is 5.91 Å². The van der Waals surface area contributed by atoms with Crippen molar-refractivity contribution in [2.45, 2.75) is 0 Å². The second kappa shape index (κ2) is 5.65. The third-order valence-corrected chi connectivity index (χ3v) is 3.60. The number of furan rings is 1. The van der Waals surface area contributed by atoms with E-state index in [4.69, 9.17) is 4.42 Å². The van der Waals surface area contributed by atoms with Gasteiger partial charge in [0.2, 0.25) is 0 Å². The molecule has 1 amide bonds. The number of aromatic carboxylic acids is 1. The Balaban J connectivity index is 1.92. The quantitative estimate of drug-likeness (QED) is 0.736. The molecule has 6 heteroatoms. The molecule has 0 fully saturated rings. The summed E-state index contributed by atoms with van der Waals surface area (Å²) >= 11 is 3.20. The minimum atomic E-state index is -1.12. The molecule has 1 heterocycles. The molecule has 0 atom stereocenters. The number of para-hydroxylation sites is 1. The zero-order valence-corrected chi connectivity index (χ0v) is 12.8. The largest absolute Gasteiger partial charge is 0.478 e. The van der Waals surface area contributed by atoms with Crippen molar-refractivity contribution in [2.24, 2.45) is 0 Å². The molecule has 0 aliphatic heterocycles. The van der Waals surface area contributed by atoms with Crippen molar-refractivity contribution in [3.05, 3.63) is 64.3 Å². The van der Waals surface area contributed by atoms with E-state index < -0.39 is 11.9 Å². The van der Waals surface area contributed by atoms with E-state index in [9.17, 15) is 14.7 Å². The number of carboxylic acids is 1. The topological polar surface area (TPSA) is 79.5 Å². The van der Waals surface area contributed by atoms with Crippen LogP contribution in [0.15, 0.2) is 57.4 Å². The third kappa shape index (κ3) is 2.73. The Morgan fingerprint density at radius 2 is 1.86 bits per heavy atom. The van der Waals surface area contributed by atoms with E-state index in [1.165, 1.54) is 12.1 Å². The lowest BCUT2D eigenvalue weighted by Gasteiger charge is -2.07. The van der Waals surface area contributed by atoms with E-state index in [-0.39, 0.29) is 17.0 Å². The van der Waals surface area contributed by atoms with Gasteiger partial charge in [-0.2, -0.15) is 0 Å². The van der Waals surface area contributed by atoms with Gasteiger partial charge in [-0.25, -0.2) is 4.79 Å². The van der Waals surface area contributed by atoms with Crippen LogP contribution in [0.3, 0.4) is 0 Å². The fourth-order valence-electron chi connectivity index (χ4n) is 2.08. The summed E-state index contributed by atoms with van der Waals surface area (Å²) in [5.74, 6) is -1.50. The molecule has 0 aliphatic rings. The summed E-state index contributed by atoms with van der Waals surface area (Å²) in [6.07, 6.45) is 0. The Labute approximate surface area is 133 Å². The van der Waals surface area contributed by atoms with Crippen molar-refractivity contribution >= 4 is 44.5 Å². The van der Waals surface area contributed by atoms with Gasteiger partial charge in [-0.15, -0.1) is 0 Å². The van der Waals surface area contributed by atoms with Crippen molar-refractivity contribution in [3.8, 4) is 0 Å². The summed E-state index contributed by atoms with van der Waals surface area (Å²) < 4.78 is 6.07. The van der Waals surface area contributed by atoms with E-state index in [1.54, 1.807) is 18.2 Å². The number of rotatable bonds is 3. The molecule has 2 aromatic carbocycles. The molecule has 110 valence electrons. The molecule has 3 rings (SSSR count). The van der Waals surface area contributed by atoms with Crippen molar-refractivity contribution in [1.82, 2.24) is 0 Å².